The lowest BCUT2D eigenvalue weighted by Crippen LogP contribution is -2.44. The van der Waals surface area contributed by atoms with Crippen LogP contribution in [0.1, 0.15) is 35.8 Å². The molecule has 0 aliphatic carbocycles. The molecule has 2 rings (SSSR count). The van der Waals surface area contributed by atoms with Crippen molar-refractivity contribution < 1.29 is 9.59 Å². The number of benzene rings is 1. The first-order valence-electron chi connectivity index (χ1n) is 9.36. The molecule has 0 radical (unpaired) electrons. The van der Waals surface area contributed by atoms with E-state index >= 15 is 0 Å². The molecule has 28 heavy (non-hydrogen) atoms. The van der Waals surface area contributed by atoms with Gasteiger partial charge in [-0.25, -0.2) is 4.79 Å². The summed E-state index contributed by atoms with van der Waals surface area (Å²) in [5.41, 5.74) is 1.81. The van der Waals surface area contributed by atoms with E-state index in [1.54, 1.807) is 23.5 Å². The van der Waals surface area contributed by atoms with E-state index in [9.17, 15) is 9.59 Å². The summed E-state index contributed by atoms with van der Waals surface area (Å²) in [7, 11) is 0. The minimum atomic E-state index is -0.231. The van der Waals surface area contributed by atoms with E-state index in [1.807, 2.05) is 12.1 Å². The van der Waals surface area contributed by atoms with Crippen molar-refractivity contribution in [2.45, 2.75) is 19.9 Å². The maximum Gasteiger partial charge on any atom is 0.314 e. The molecular formula is C20H27BrN4O2S. The summed E-state index contributed by atoms with van der Waals surface area (Å²) in [6.45, 7) is 7.35. The summed E-state index contributed by atoms with van der Waals surface area (Å²) >= 11 is 5.00. The molecule has 1 aromatic carbocycles. The summed E-state index contributed by atoms with van der Waals surface area (Å²) in [4.78, 5) is 26.5. The Hall–Kier alpha value is -1.90. The molecule has 3 amide bonds. The van der Waals surface area contributed by atoms with E-state index < -0.39 is 0 Å². The summed E-state index contributed by atoms with van der Waals surface area (Å²) in [6.07, 6.45) is 0. The Bertz CT molecular complexity index is 733. The molecule has 1 heterocycles. The molecule has 1 aromatic heterocycles. The predicted octanol–water partition coefficient (Wildman–Crippen LogP) is 3.62. The van der Waals surface area contributed by atoms with Crippen LogP contribution in [0.5, 0.6) is 0 Å². The first kappa shape index (κ1) is 22.4. The zero-order valence-corrected chi connectivity index (χ0v) is 18.6. The number of carbonyl (C=O) groups excluding carboxylic acids is 2. The third-order valence-corrected chi connectivity index (χ3v) is 5.67. The van der Waals surface area contributed by atoms with E-state index in [1.165, 1.54) is 5.56 Å². The minimum Gasteiger partial charge on any atom is -0.350 e. The van der Waals surface area contributed by atoms with Crippen LogP contribution >= 0.6 is 27.3 Å². The van der Waals surface area contributed by atoms with E-state index in [-0.39, 0.29) is 18.0 Å². The van der Waals surface area contributed by atoms with Crippen LogP contribution in [0.15, 0.2) is 45.6 Å². The van der Waals surface area contributed by atoms with E-state index in [0.29, 0.717) is 25.2 Å². The fourth-order valence-corrected chi connectivity index (χ4v) is 3.87. The molecule has 0 saturated heterocycles. The van der Waals surface area contributed by atoms with Gasteiger partial charge in [-0.1, -0.05) is 29.8 Å². The van der Waals surface area contributed by atoms with E-state index in [0.717, 1.165) is 17.6 Å². The van der Waals surface area contributed by atoms with Crippen LogP contribution < -0.4 is 16.0 Å². The van der Waals surface area contributed by atoms with Gasteiger partial charge < -0.3 is 16.0 Å². The second-order valence-corrected chi connectivity index (χ2v) is 7.89. The van der Waals surface area contributed by atoms with Gasteiger partial charge in [0, 0.05) is 29.7 Å². The van der Waals surface area contributed by atoms with Gasteiger partial charge in [-0.2, -0.15) is 11.3 Å². The van der Waals surface area contributed by atoms with Crippen LogP contribution in [-0.2, 0) is 0 Å². The van der Waals surface area contributed by atoms with Crippen molar-refractivity contribution in [3.8, 4) is 0 Å². The number of hydrogen-bond acceptors (Lipinski definition) is 4. The molecule has 8 heteroatoms. The maximum absolute atomic E-state index is 12.1. The van der Waals surface area contributed by atoms with Gasteiger partial charge in [-0.15, -0.1) is 0 Å². The van der Waals surface area contributed by atoms with Gasteiger partial charge in [0.1, 0.15) is 0 Å². The van der Waals surface area contributed by atoms with Crippen LogP contribution in [0.25, 0.3) is 0 Å². The molecule has 0 spiro atoms. The Balaban J connectivity index is 1.72. The van der Waals surface area contributed by atoms with Gasteiger partial charge in [0.15, 0.2) is 0 Å². The second kappa shape index (κ2) is 11.8. The number of likely N-dealkylation sites (N-methyl/N-ethyl adjacent to an activating group) is 1. The zero-order chi connectivity index (χ0) is 20.4. The molecule has 0 aliphatic rings. The largest absolute Gasteiger partial charge is 0.350 e. The van der Waals surface area contributed by atoms with Gasteiger partial charge in [0.25, 0.3) is 5.91 Å². The smallest absolute Gasteiger partial charge is 0.314 e. The zero-order valence-electron chi connectivity index (χ0n) is 16.2. The SMILES string of the molecule is CCN(CC)C(CNC(=O)NCCNC(=O)c1ccc(Br)cc1)c1ccsc1. The van der Waals surface area contributed by atoms with Crippen LogP contribution in [0.3, 0.4) is 0 Å². The van der Waals surface area contributed by atoms with Crippen molar-refractivity contribution in [2.75, 3.05) is 32.7 Å². The fraction of sp³-hybridized carbons (Fsp3) is 0.400. The first-order chi connectivity index (χ1) is 13.5. The normalized spacial score (nSPS) is 11.9. The van der Waals surface area contributed by atoms with Gasteiger partial charge in [-0.3, -0.25) is 9.69 Å². The maximum atomic E-state index is 12.1. The van der Waals surface area contributed by atoms with Crippen LogP contribution in [0.4, 0.5) is 4.79 Å². The molecule has 0 aliphatic heterocycles. The number of nitrogens with zero attached hydrogens (tertiary/aromatic N) is 1. The Morgan fingerprint density at radius 3 is 2.32 bits per heavy atom. The Morgan fingerprint density at radius 2 is 1.71 bits per heavy atom. The van der Waals surface area contributed by atoms with Gasteiger partial charge >= 0.3 is 6.03 Å². The third kappa shape index (κ3) is 6.92. The standard InChI is InChI=1S/C20H27BrN4O2S/c1-3-25(4-2)18(16-9-12-28-14-16)13-24-20(27)23-11-10-22-19(26)15-5-7-17(21)8-6-15/h5-9,12,14,18H,3-4,10-11,13H2,1-2H3,(H,22,26)(H2,23,24,27). The second-order valence-electron chi connectivity index (χ2n) is 6.19. The molecule has 0 saturated carbocycles. The number of urea groups is 1. The van der Waals surface area contributed by atoms with Gasteiger partial charge in [0.05, 0.1) is 6.04 Å². The van der Waals surface area contributed by atoms with Gasteiger partial charge in [-0.05, 0) is 59.7 Å². The number of hydrogen-bond donors (Lipinski definition) is 3. The lowest BCUT2D eigenvalue weighted by atomic mass is 10.1. The number of thiophene rings is 1. The van der Waals surface area contributed by atoms with E-state index in [2.05, 4.69) is 67.5 Å². The molecule has 2 aromatic rings. The lowest BCUT2D eigenvalue weighted by molar-refractivity contribution is 0.0954. The summed E-state index contributed by atoms with van der Waals surface area (Å²) < 4.78 is 0.924. The summed E-state index contributed by atoms with van der Waals surface area (Å²) in [5, 5.41) is 12.7. The van der Waals surface area contributed by atoms with Gasteiger partial charge in [0.2, 0.25) is 0 Å². The Kier molecular flexibility index (Phi) is 9.46. The average Bonchev–Trinajstić information content (AvgIpc) is 3.23. The highest BCUT2D eigenvalue weighted by Gasteiger charge is 2.19. The lowest BCUT2D eigenvalue weighted by Gasteiger charge is -2.29. The van der Waals surface area contributed by atoms with Crippen LogP contribution in [-0.4, -0.2) is 49.6 Å². The highest BCUT2D eigenvalue weighted by molar-refractivity contribution is 9.10. The molecule has 3 N–H and O–H groups in total. The van der Waals surface area contributed by atoms with Crippen molar-refractivity contribution in [1.82, 2.24) is 20.9 Å². The van der Waals surface area contributed by atoms with Crippen LogP contribution in [0.2, 0.25) is 0 Å². The van der Waals surface area contributed by atoms with Crippen molar-refractivity contribution in [3.05, 3.63) is 56.7 Å². The van der Waals surface area contributed by atoms with E-state index in [4.69, 9.17) is 0 Å². The number of carbonyl (C=O) groups is 2. The van der Waals surface area contributed by atoms with Crippen molar-refractivity contribution in [2.24, 2.45) is 0 Å². The monoisotopic (exact) mass is 466 g/mol. The average molecular weight is 467 g/mol. The quantitative estimate of drug-likeness (QED) is 0.468. The van der Waals surface area contributed by atoms with Crippen molar-refractivity contribution in [3.63, 3.8) is 0 Å². The molecule has 1 unspecified atom stereocenters. The van der Waals surface area contributed by atoms with Crippen LogP contribution in [0, 0.1) is 0 Å². The predicted molar refractivity (Wildman–Crippen MR) is 118 cm³/mol. The van der Waals surface area contributed by atoms with Crippen molar-refractivity contribution >= 4 is 39.2 Å². The molecule has 0 fully saturated rings. The Morgan fingerprint density at radius 1 is 1.04 bits per heavy atom. The fourth-order valence-electron chi connectivity index (χ4n) is 2.89. The first-order valence-corrected chi connectivity index (χ1v) is 11.1. The van der Waals surface area contributed by atoms with Crippen molar-refractivity contribution in [1.29, 1.82) is 0 Å². The molecular weight excluding hydrogens is 440 g/mol. The molecule has 152 valence electrons. The summed E-state index contributed by atoms with van der Waals surface area (Å²) in [5.74, 6) is -0.159. The topological polar surface area (TPSA) is 73.5 Å². The minimum absolute atomic E-state index is 0.157. The number of rotatable bonds is 10. The molecule has 0 bridgehead atoms. The Labute approximate surface area is 178 Å². The highest BCUT2D eigenvalue weighted by Crippen LogP contribution is 2.22. The number of amides is 3. The summed E-state index contributed by atoms with van der Waals surface area (Å²) in [6, 6.07) is 9.16. The number of nitrogens with one attached hydrogen (secondary N) is 3. The molecule has 6 nitrogen and oxygen atoms in total. The molecule has 1 atom stereocenters. The highest BCUT2D eigenvalue weighted by atomic mass is 79.9. The third-order valence-electron chi connectivity index (χ3n) is 4.44. The number of halogens is 1.